The summed E-state index contributed by atoms with van der Waals surface area (Å²) in [7, 11) is 0. The molecule has 0 spiro atoms. The highest BCUT2D eigenvalue weighted by atomic mass is 127. The molecule has 0 aliphatic rings. The van der Waals surface area contributed by atoms with Gasteiger partial charge in [0.1, 0.15) is 5.60 Å². The predicted octanol–water partition coefficient (Wildman–Crippen LogP) is 4.17. The van der Waals surface area contributed by atoms with Crippen molar-refractivity contribution >= 4 is 52.9 Å². The third-order valence-corrected chi connectivity index (χ3v) is 5.15. The van der Waals surface area contributed by atoms with Crippen LogP contribution >= 0.6 is 35.3 Å². The molecule has 1 aromatic carbocycles. The smallest absolute Gasteiger partial charge is 0.291 e. The number of aliphatic imine (C=N–C) groups is 1. The van der Waals surface area contributed by atoms with E-state index < -0.39 is 5.60 Å². The fourth-order valence-electron chi connectivity index (χ4n) is 2.73. The number of nitrogens with one attached hydrogen (secondary N) is 3. The molecule has 1 unspecified atom stereocenters. The number of aliphatic hydroxyl groups is 1. The number of amides is 1. The highest BCUT2D eigenvalue weighted by Crippen LogP contribution is 2.22. The maximum absolute atomic E-state index is 12.0. The van der Waals surface area contributed by atoms with E-state index in [1.807, 2.05) is 48.0 Å². The van der Waals surface area contributed by atoms with Gasteiger partial charge in [0.05, 0.1) is 19.4 Å². The summed E-state index contributed by atoms with van der Waals surface area (Å²) < 4.78 is 5.09. The van der Waals surface area contributed by atoms with Crippen LogP contribution in [0.2, 0.25) is 0 Å². The second-order valence-electron chi connectivity index (χ2n) is 6.96. The number of hydrogen-bond donors (Lipinski definition) is 4. The van der Waals surface area contributed by atoms with Crippen molar-refractivity contribution in [1.29, 1.82) is 0 Å². The molecule has 9 heteroatoms. The molecule has 0 radical (unpaired) electrons. The Morgan fingerprint density at radius 1 is 1.19 bits per heavy atom. The minimum absolute atomic E-state index is 0. The van der Waals surface area contributed by atoms with Crippen LogP contribution < -0.4 is 16.0 Å². The molecule has 0 aliphatic heterocycles. The van der Waals surface area contributed by atoms with Crippen molar-refractivity contribution in [2.75, 3.05) is 18.4 Å². The highest BCUT2D eigenvalue weighted by molar-refractivity contribution is 14.0. The molecule has 0 saturated carbocycles. The summed E-state index contributed by atoms with van der Waals surface area (Å²) in [4.78, 5) is 16.6. The van der Waals surface area contributed by atoms with Gasteiger partial charge in [-0.25, -0.2) is 4.99 Å². The van der Waals surface area contributed by atoms with E-state index in [2.05, 4.69) is 20.9 Å². The van der Waals surface area contributed by atoms with Crippen molar-refractivity contribution in [2.24, 2.45) is 4.99 Å². The number of thiophene rings is 1. The van der Waals surface area contributed by atoms with Crippen LogP contribution in [-0.2, 0) is 12.1 Å². The van der Waals surface area contributed by atoms with Crippen molar-refractivity contribution in [3.63, 3.8) is 0 Å². The van der Waals surface area contributed by atoms with Gasteiger partial charge < -0.3 is 25.5 Å². The quantitative estimate of drug-likeness (QED) is 0.190. The van der Waals surface area contributed by atoms with Gasteiger partial charge in [0, 0.05) is 12.2 Å². The second-order valence-corrected chi connectivity index (χ2v) is 7.74. The van der Waals surface area contributed by atoms with Crippen LogP contribution in [0.25, 0.3) is 0 Å². The summed E-state index contributed by atoms with van der Waals surface area (Å²) in [6.07, 6.45) is 1.46. The standard InChI is InChI=1S/C22H26N4O3S.HI/c1-3-23-21(25-15-22(2,28)17-10-12-30-14-17)24-13-16-6-8-18(9-7-16)26-20(27)19-5-4-11-29-19;/h4-12,14,28H,3,13,15H2,1-2H3,(H,26,27)(H2,23,24,25);1H. The number of carbonyl (C=O) groups is 1. The summed E-state index contributed by atoms with van der Waals surface area (Å²) in [5.74, 6) is 0.605. The van der Waals surface area contributed by atoms with Gasteiger partial charge in [-0.1, -0.05) is 12.1 Å². The first-order valence-corrected chi connectivity index (χ1v) is 10.6. The minimum Gasteiger partial charge on any atom is -0.459 e. The van der Waals surface area contributed by atoms with Crippen LogP contribution in [0.3, 0.4) is 0 Å². The number of benzene rings is 1. The molecule has 3 aromatic rings. The molecular weight excluding hydrogens is 527 g/mol. The summed E-state index contributed by atoms with van der Waals surface area (Å²) in [5.41, 5.74) is 1.57. The van der Waals surface area contributed by atoms with E-state index in [1.165, 1.54) is 6.26 Å². The lowest BCUT2D eigenvalue weighted by Crippen LogP contribution is -2.44. The Labute approximate surface area is 203 Å². The Hall–Kier alpha value is -2.37. The summed E-state index contributed by atoms with van der Waals surface area (Å²) in [5, 5.41) is 23.7. The van der Waals surface area contributed by atoms with E-state index in [4.69, 9.17) is 4.42 Å². The molecule has 3 rings (SSSR count). The molecule has 0 fully saturated rings. The Bertz CT molecular complexity index is 955. The van der Waals surface area contributed by atoms with Crippen molar-refractivity contribution < 1.29 is 14.3 Å². The molecule has 166 valence electrons. The third kappa shape index (κ3) is 7.37. The summed E-state index contributed by atoms with van der Waals surface area (Å²) in [6.45, 7) is 5.28. The average molecular weight is 554 g/mol. The number of guanidine groups is 1. The molecule has 2 aromatic heterocycles. The van der Waals surface area contributed by atoms with Gasteiger partial charge in [0.15, 0.2) is 11.7 Å². The predicted molar refractivity (Wildman–Crippen MR) is 135 cm³/mol. The Balaban J connectivity index is 0.00000341. The van der Waals surface area contributed by atoms with Crippen LogP contribution in [-0.4, -0.2) is 30.1 Å². The van der Waals surface area contributed by atoms with Gasteiger partial charge in [-0.05, 0) is 66.1 Å². The Morgan fingerprint density at radius 2 is 1.97 bits per heavy atom. The van der Waals surface area contributed by atoms with Crippen LogP contribution in [0.15, 0.2) is 68.9 Å². The minimum atomic E-state index is -0.982. The topological polar surface area (TPSA) is 98.9 Å². The molecular formula is C22H27IN4O3S. The zero-order valence-electron chi connectivity index (χ0n) is 17.4. The van der Waals surface area contributed by atoms with E-state index in [9.17, 15) is 9.90 Å². The van der Waals surface area contributed by atoms with Crippen molar-refractivity contribution in [2.45, 2.75) is 26.0 Å². The SMILES string of the molecule is CCNC(=NCc1ccc(NC(=O)c2ccco2)cc1)NCC(C)(O)c1ccsc1.I. The Kier molecular flexibility index (Phi) is 9.53. The normalized spacial score (nSPS) is 13.1. The van der Waals surface area contributed by atoms with E-state index in [-0.39, 0.29) is 35.6 Å². The first kappa shape index (κ1) is 24.9. The average Bonchev–Trinajstić information content (AvgIpc) is 3.46. The van der Waals surface area contributed by atoms with Crippen LogP contribution in [0.1, 0.15) is 35.5 Å². The van der Waals surface area contributed by atoms with E-state index in [1.54, 1.807) is 30.4 Å². The zero-order chi connectivity index (χ0) is 21.4. The summed E-state index contributed by atoms with van der Waals surface area (Å²) >= 11 is 1.56. The molecule has 0 aliphatic carbocycles. The number of hydrogen-bond acceptors (Lipinski definition) is 5. The molecule has 0 saturated heterocycles. The monoisotopic (exact) mass is 554 g/mol. The van der Waals surface area contributed by atoms with Gasteiger partial charge in [-0.15, -0.1) is 24.0 Å². The number of nitrogens with zero attached hydrogens (tertiary/aromatic N) is 1. The van der Waals surface area contributed by atoms with E-state index in [0.29, 0.717) is 31.3 Å². The largest absolute Gasteiger partial charge is 0.459 e. The molecule has 31 heavy (non-hydrogen) atoms. The lowest BCUT2D eigenvalue weighted by atomic mass is 9.99. The van der Waals surface area contributed by atoms with E-state index in [0.717, 1.165) is 11.1 Å². The maximum Gasteiger partial charge on any atom is 0.291 e. The lowest BCUT2D eigenvalue weighted by molar-refractivity contribution is 0.0621. The second kappa shape index (κ2) is 11.9. The molecule has 2 heterocycles. The molecule has 7 nitrogen and oxygen atoms in total. The molecule has 0 bridgehead atoms. The van der Waals surface area contributed by atoms with Gasteiger partial charge in [-0.2, -0.15) is 11.3 Å². The number of halogens is 1. The Morgan fingerprint density at radius 3 is 2.58 bits per heavy atom. The van der Waals surface area contributed by atoms with Crippen molar-refractivity contribution in [3.05, 3.63) is 76.4 Å². The molecule has 1 atom stereocenters. The number of carbonyl (C=O) groups excluding carboxylic acids is 1. The fourth-order valence-corrected chi connectivity index (χ4v) is 3.52. The number of rotatable bonds is 8. The van der Waals surface area contributed by atoms with Crippen LogP contribution in [0.5, 0.6) is 0 Å². The highest BCUT2D eigenvalue weighted by Gasteiger charge is 2.23. The first-order chi connectivity index (χ1) is 14.5. The molecule has 4 N–H and O–H groups in total. The number of anilines is 1. The van der Waals surface area contributed by atoms with Crippen molar-refractivity contribution in [1.82, 2.24) is 10.6 Å². The third-order valence-electron chi connectivity index (χ3n) is 4.46. The summed E-state index contributed by atoms with van der Waals surface area (Å²) in [6, 6.07) is 12.7. The maximum atomic E-state index is 12.0. The number of furan rings is 1. The van der Waals surface area contributed by atoms with Gasteiger partial charge in [0.2, 0.25) is 0 Å². The van der Waals surface area contributed by atoms with Gasteiger partial charge in [-0.3, -0.25) is 4.79 Å². The molecule has 1 amide bonds. The van der Waals surface area contributed by atoms with Gasteiger partial charge >= 0.3 is 0 Å². The van der Waals surface area contributed by atoms with Crippen molar-refractivity contribution in [3.8, 4) is 0 Å². The zero-order valence-corrected chi connectivity index (χ0v) is 20.6. The van der Waals surface area contributed by atoms with Crippen LogP contribution in [0.4, 0.5) is 5.69 Å². The van der Waals surface area contributed by atoms with E-state index >= 15 is 0 Å². The lowest BCUT2D eigenvalue weighted by Gasteiger charge is -2.24. The van der Waals surface area contributed by atoms with Crippen LogP contribution in [0, 0.1) is 0 Å². The first-order valence-electron chi connectivity index (χ1n) is 9.69. The fraction of sp³-hybridized carbons (Fsp3) is 0.273. The van der Waals surface area contributed by atoms with Gasteiger partial charge in [0.25, 0.3) is 5.91 Å².